The van der Waals surface area contributed by atoms with E-state index in [1.54, 1.807) is 0 Å². The molecule has 0 bridgehead atoms. The predicted molar refractivity (Wildman–Crippen MR) is 172 cm³/mol. The van der Waals surface area contributed by atoms with Crippen LogP contribution in [-0.2, 0) is 0 Å². The van der Waals surface area contributed by atoms with Gasteiger partial charge in [-0.1, -0.05) is 115 Å². The Hall–Kier alpha value is -5.74. The van der Waals surface area contributed by atoms with Crippen molar-refractivity contribution in [2.45, 2.75) is 0 Å². The molecule has 4 nitrogen and oxygen atoms in total. The average molecular weight is 537 g/mol. The summed E-state index contributed by atoms with van der Waals surface area (Å²) in [5.41, 5.74) is 4.84. The van der Waals surface area contributed by atoms with Crippen LogP contribution in [0.3, 0.4) is 0 Å². The summed E-state index contributed by atoms with van der Waals surface area (Å²) in [5.74, 6) is 1.93. The maximum atomic E-state index is 5.10. The minimum atomic E-state index is 0.632. The Bertz CT molecular complexity index is 2240. The summed E-state index contributed by atoms with van der Waals surface area (Å²) in [6.45, 7) is 0. The molecular formula is C38H24N4. The normalized spacial score (nSPS) is 11.3. The van der Waals surface area contributed by atoms with Gasteiger partial charge in [0.15, 0.2) is 17.5 Å². The number of rotatable bonds is 4. The van der Waals surface area contributed by atoms with E-state index in [9.17, 15) is 0 Å². The fraction of sp³-hybridized carbons (Fsp3) is 0. The van der Waals surface area contributed by atoms with E-state index >= 15 is 0 Å². The molecule has 0 amide bonds. The molecule has 8 rings (SSSR count). The van der Waals surface area contributed by atoms with Gasteiger partial charge in [-0.25, -0.2) is 15.0 Å². The quantitative estimate of drug-likeness (QED) is 0.210. The van der Waals surface area contributed by atoms with E-state index in [1.165, 1.54) is 16.2 Å². The number of hydrogen-bond acceptors (Lipinski definition) is 4. The van der Waals surface area contributed by atoms with Gasteiger partial charge in [-0.05, 0) is 56.6 Å². The second kappa shape index (κ2) is 10.0. The SMILES string of the molecule is c1ccc(-c2ccc(-c3nc(-c4ccc5ccccc5c4)nc(-c4cc5ccccc5c5ccccc45)n3)cc2)nc1. The third-order valence-corrected chi connectivity index (χ3v) is 7.76. The molecule has 0 aliphatic carbocycles. The van der Waals surface area contributed by atoms with E-state index in [-0.39, 0.29) is 0 Å². The molecule has 0 radical (unpaired) electrons. The van der Waals surface area contributed by atoms with Crippen molar-refractivity contribution in [3.8, 4) is 45.4 Å². The van der Waals surface area contributed by atoms with Crippen molar-refractivity contribution in [3.63, 3.8) is 0 Å². The van der Waals surface area contributed by atoms with E-state index in [4.69, 9.17) is 15.0 Å². The summed E-state index contributed by atoms with van der Waals surface area (Å²) in [6, 6.07) is 48.1. The van der Waals surface area contributed by atoms with Gasteiger partial charge >= 0.3 is 0 Å². The minimum Gasteiger partial charge on any atom is -0.256 e. The molecule has 0 aliphatic rings. The van der Waals surface area contributed by atoms with Gasteiger partial charge in [0.25, 0.3) is 0 Å². The maximum absolute atomic E-state index is 5.10. The molecule has 0 atom stereocenters. The van der Waals surface area contributed by atoms with Crippen LogP contribution in [0.25, 0.3) is 77.7 Å². The molecule has 42 heavy (non-hydrogen) atoms. The zero-order valence-electron chi connectivity index (χ0n) is 22.6. The second-order valence-electron chi connectivity index (χ2n) is 10.4. The molecule has 4 heteroatoms. The van der Waals surface area contributed by atoms with Gasteiger partial charge in [0, 0.05) is 28.5 Å². The van der Waals surface area contributed by atoms with E-state index in [2.05, 4.69) is 126 Å². The number of fused-ring (bicyclic) bond motifs is 4. The monoisotopic (exact) mass is 536 g/mol. The first-order valence-corrected chi connectivity index (χ1v) is 14.0. The van der Waals surface area contributed by atoms with Gasteiger partial charge in [0.1, 0.15) is 0 Å². The molecule has 0 spiro atoms. The lowest BCUT2D eigenvalue weighted by Gasteiger charge is -2.13. The van der Waals surface area contributed by atoms with Crippen molar-refractivity contribution in [2.75, 3.05) is 0 Å². The van der Waals surface area contributed by atoms with Crippen molar-refractivity contribution in [1.82, 2.24) is 19.9 Å². The summed E-state index contributed by atoms with van der Waals surface area (Å²) in [6.07, 6.45) is 1.81. The molecule has 196 valence electrons. The molecule has 0 aliphatic heterocycles. The van der Waals surface area contributed by atoms with E-state index in [0.717, 1.165) is 44.1 Å². The topological polar surface area (TPSA) is 51.6 Å². The second-order valence-corrected chi connectivity index (χ2v) is 10.4. The van der Waals surface area contributed by atoms with Crippen LogP contribution in [-0.4, -0.2) is 19.9 Å². The van der Waals surface area contributed by atoms with E-state index < -0.39 is 0 Å². The minimum absolute atomic E-state index is 0.632. The summed E-state index contributed by atoms with van der Waals surface area (Å²) >= 11 is 0. The van der Waals surface area contributed by atoms with Crippen molar-refractivity contribution in [3.05, 3.63) is 146 Å². The highest BCUT2D eigenvalue weighted by Crippen LogP contribution is 2.35. The fourth-order valence-electron chi connectivity index (χ4n) is 5.65. The Morgan fingerprint density at radius 2 is 0.952 bits per heavy atom. The van der Waals surface area contributed by atoms with E-state index in [0.29, 0.717) is 17.5 Å². The van der Waals surface area contributed by atoms with Crippen molar-refractivity contribution in [1.29, 1.82) is 0 Å². The maximum Gasteiger partial charge on any atom is 0.164 e. The Kier molecular flexibility index (Phi) is 5.75. The van der Waals surface area contributed by atoms with Crippen LogP contribution in [0.15, 0.2) is 146 Å². The first-order valence-electron chi connectivity index (χ1n) is 14.0. The third kappa shape index (κ3) is 4.27. The first kappa shape index (κ1) is 24.1. The Morgan fingerprint density at radius 3 is 1.74 bits per heavy atom. The standard InChI is InChI=1S/C38H24N4/c1-2-10-28-23-30(21-16-25(28)9-1)37-40-36(27-19-17-26(18-20-27)35-15-7-8-22-39-35)41-38(42-37)34-24-29-11-3-4-12-31(29)32-13-5-6-14-33(32)34/h1-24H. The zero-order valence-corrected chi connectivity index (χ0v) is 22.6. The molecule has 0 saturated heterocycles. The molecule has 2 heterocycles. The van der Waals surface area contributed by atoms with Gasteiger partial charge < -0.3 is 0 Å². The highest BCUT2D eigenvalue weighted by Gasteiger charge is 2.16. The molecular weight excluding hydrogens is 512 g/mol. The highest BCUT2D eigenvalue weighted by molar-refractivity contribution is 6.13. The van der Waals surface area contributed by atoms with Gasteiger partial charge in [-0.15, -0.1) is 0 Å². The van der Waals surface area contributed by atoms with Gasteiger partial charge in [0.2, 0.25) is 0 Å². The van der Waals surface area contributed by atoms with Crippen LogP contribution in [0.2, 0.25) is 0 Å². The molecule has 0 unspecified atom stereocenters. The number of nitrogens with zero attached hydrogens (tertiary/aromatic N) is 4. The summed E-state index contributed by atoms with van der Waals surface area (Å²) < 4.78 is 0. The van der Waals surface area contributed by atoms with Gasteiger partial charge in [0.05, 0.1) is 5.69 Å². The van der Waals surface area contributed by atoms with Gasteiger partial charge in [-0.3, -0.25) is 4.98 Å². The number of aromatic nitrogens is 4. The predicted octanol–water partition coefficient (Wildman–Crippen LogP) is 9.39. The van der Waals surface area contributed by atoms with Crippen LogP contribution in [0, 0.1) is 0 Å². The Balaban J connectivity index is 1.35. The summed E-state index contributed by atoms with van der Waals surface area (Å²) in [4.78, 5) is 19.7. The summed E-state index contributed by atoms with van der Waals surface area (Å²) in [5, 5.41) is 6.99. The van der Waals surface area contributed by atoms with Crippen LogP contribution in [0.5, 0.6) is 0 Å². The lowest BCUT2D eigenvalue weighted by atomic mass is 9.97. The molecule has 8 aromatic rings. The van der Waals surface area contributed by atoms with Crippen molar-refractivity contribution in [2.24, 2.45) is 0 Å². The van der Waals surface area contributed by atoms with Crippen LogP contribution >= 0.6 is 0 Å². The zero-order chi connectivity index (χ0) is 27.9. The Labute approximate surface area is 243 Å². The molecule has 6 aromatic carbocycles. The molecule has 2 aromatic heterocycles. The average Bonchev–Trinajstić information content (AvgIpc) is 3.08. The number of pyridine rings is 1. The lowest BCUT2D eigenvalue weighted by Crippen LogP contribution is -2.01. The van der Waals surface area contributed by atoms with Crippen LogP contribution in [0.4, 0.5) is 0 Å². The Morgan fingerprint density at radius 1 is 0.357 bits per heavy atom. The largest absolute Gasteiger partial charge is 0.256 e. The molecule has 0 fully saturated rings. The molecule has 0 N–H and O–H groups in total. The van der Waals surface area contributed by atoms with Crippen LogP contribution in [0.1, 0.15) is 0 Å². The van der Waals surface area contributed by atoms with E-state index in [1.807, 2.05) is 24.4 Å². The third-order valence-electron chi connectivity index (χ3n) is 7.76. The van der Waals surface area contributed by atoms with Crippen molar-refractivity contribution >= 4 is 32.3 Å². The smallest absolute Gasteiger partial charge is 0.164 e. The van der Waals surface area contributed by atoms with Crippen LogP contribution < -0.4 is 0 Å². The summed E-state index contributed by atoms with van der Waals surface area (Å²) in [7, 11) is 0. The number of benzene rings is 6. The molecule has 0 saturated carbocycles. The van der Waals surface area contributed by atoms with Crippen molar-refractivity contribution < 1.29 is 0 Å². The van der Waals surface area contributed by atoms with Gasteiger partial charge in [-0.2, -0.15) is 0 Å². The lowest BCUT2D eigenvalue weighted by molar-refractivity contribution is 1.08. The highest BCUT2D eigenvalue weighted by atomic mass is 15.0. The fourth-order valence-corrected chi connectivity index (χ4v) is 5.65. The first-order chi connectivity index (χ1) is 20.8. The number of hydrogen-bond donors (Lipinski definition) is 0.